The van der Waals surface area contributed by atoms with Crippen LogP contribution in [0.1, 0.15) is 27.5 Å². The fourth-order valence-corrected chi connectivity index (χ4v) is 4.39. The molecule has 1 aromatic carbocycles. The van der Waals surface area contributed by atoms with Crippen molar-refractivity contribution in [3.8, 4) is 11.4 Å². The van der Waals surface area contributed by atoms with E-state index in [9.17, 15) is 4.79 Å². The molecule has 3 heterocycles. The minimum Gasteiger partial charge on any atom is -0.496 e. The molecule has 0 bridgehead atoms. The van der Waals surface area contributed by atoms with Crippen LogP contribution in [0.3, 0.4) is 0 Å². The van der Waals surface area contributed by atoms with E-state index in [0.29, 0.717) is 35.1 Å². The van der Waals surface area contributed by atoms with Crippen LogP contribution in [0.5, 0.6) is 5.75 Å². The molecule has 9 nitrogen and oxygen atoms in total. The summed E-state index contributed by atoms with van der Waals surface area (Å²) in [7, 11) is 1.53. The number of carbonyl (C=O) groups is 1. The number of tetrazole rings is 1. The van der Waals surface area contributed by atoms with Gasteiger partial charge in [0.2, 0.25) is 0 Å². The summed E-state index contributed by atoms with van der Waals surface area (Å²) in [6.45, 7) is 5.86. The minimum atomic E-state index is -0.0941. The topological polar surface area (TPSA) is 89.3 Å². The van der Waals surface area contributed by atoms with Gasteiger partial charge in [-0.05, 0) is 29.8 Å². The van der Waals surface area contributed by atoms with Gasteiger partial charge in [0.15, 0.2) is 0 Å². The normalized spacial score (nSPS) is 15.2. The lowest BCUT2D eigenvalue weighted by molar-refractivity contribution is 0.0757. The summed E-state index contributed by atoms with van der Waals surface area (Å²) >= 11 is 8.09. The van der Waals surface area contributed by atoms with Crippen molar-refractivity contribution in [2.75, 3.05) is 33.3 Å². The fraction of sp³-hybridized carbons (Fsp3) is 0.421. The summed E-state index contributed by atoms with van der Waals surface area (Å²) in [5.41, 5.74) is 2.07. The molecule has 0 radical (unpaired) electrons. The average molecular weight is 448 g/mol. The van der Waals surface area contributed by atoms with Crippen LogP contribution in [0.4, 0.5) is 0 Å². The summed E-state index contributed by atoms with van der Waals surface area (Å²) in [5, 5.41) is 14.7. The third-order valence-corrected chi connectivity index (χ3v) is 6.15. The molecular weight excluding hydrogens is 426 g/mol. The van der Waals surface area contributed by atoms with Crippen molar-refractivity contribution in [1.29, 1.82) is 0 Å². The highest BCUT2D eigenvalue weighted by molar-refractivity contribution is 7.09. The molecule has 4 rings (SSSR count). The molecule has 2 aromatic heterocycles. The van der Waals surface area contributed by atoms with Crippen molar-refractivity contribution in [3.63, 3.8) is 0 Å². The quantitative estimate of drug-likeness (QED) is 0.593. The van der Waals surface area contributed by atoms with Crippen LogP contribution in [-0.4, -0.2) is 74.2 Å². The Balaban J connectivity index is 1.49. The van der Waals surface area contributed by atoms with E-state index in [1.165, 1.54) is 18.1 Å². The number of halogens is 1. The zero-order valence-electron chi connectivity index (χ0n) is 16.8. The van der Waals surface area contributed by atoms with Gasteiger partial charge in [-0.3, -0.25) is 9.69 Å². The maximum atomic E-state index is 13.3. The number of ether oxygens (including phenoxy) is 1. The second-order valence-corrected chi connectivity index (χ2v) is 8.51. The van der Waals surface area contributed by atoms with Crippen LogP contribution in [0.15, 0.2) is 23.8 Å². The molecule has 0 aliphatic carbocycles. The van der Waals surface area contributed by atoms with Gasteiger partial charge in [0, 0.05) is 44.2 Å². The van der Waals surface area contributed by atoms with Gasteiger partial charge in [-0.1, -0.05) is 11.6 Å². The predicted molar refractivity (Wildman–Crippen MR) is 113 cm³/mol. The first-order valence-corrected chi connectivity index (χ1v) is 10.8. The van der Waals surface area contributed by atoms with Gasteiger partial charge in [0.05, 0.1) is 34.1 Å². The molecule has 3 aromatic rings. The van der Waals surface area contributed by atoms with Gasteiger partial charge in [0.25, 0.3) is 5.91 Å². The summed E-state index contributed by atoms with van der Waals surface area (Å²) in [6, 6.07) is 3.31. The molecule has 0 atom stereocenters. The highest BCUT2D eigenvalue weighted by Crippen LogP contribution is 2.30. The van der Waals surface area contributed by atoms with E-state index in [-0.39, 0.29) is 5.91 Å². The molecule has 0 unspecified atom stereocenters. The number of amides is 1. The van der Waals surface area contributed by atoms with Crippen molar-refractivity contribution < 1.29 is 9.53 Å². The Kier molecular flexibility index (Phi) is 6.26. The number of carbonyl (C=O) groups excluding carboxylic acids is 1. The largest absolute Gasteiger partial charge is 0.496 e. The standard InChI is InChI=1S/C19H22ClN7O2S/c1-13-22-14(11-30-13)10-25-4-3-5-26(7-6-25)19(28)15-8-16(20)17(9-18(15)29-2)27-12-21-23-24-27/h8-9,11-12H,3-7,10H2,1-2H3. The molecule has 158 valence electrons. The number of rotatable bonds is 5. The molecule has 1 fully saturated rings. The zero-order valence-corrected chi connectivity index (χ0v) is 18.4. The van der Waals surface area contributed by atoms with Gasteiger partial charge in [0.1, 0.15) is 12.1 Å². The van der Waals surface area contributed by atoms with E-state index >= 15 is 0 Å². The molecule has 0 spiro atoms. The molecule has 11 heteroatoms. The highest BCUT2D eigenvalue weighted by Gasteiger charge is 2.25. The Labute approximate surface area is 183 Å². The molecule has 1 aliphatic rings. The lowest BCUT2D eigenvalue weighted by Crippen LogP contribution is -2.35. The van der Waals surface area contributed by atoms with E-state index in [4.69, 9.17) is 16.3 Å². The van der Waals surface area contributed by atoms with Gasteiger partial charge in [-0.2, -0.15) is 4.68 Å². The number of hydrogen-bond donors (Lipinski definition) is 0. The molecule has 0 saturated carbocycles. The summed E-state index contributed by atoms with van der Waals surface area (Å²) in [5.74, 6) is 0.345. The Morgan fingerprint density at radius 1 is 1.27 bits per heavy atom. The van der Waals surface area contributed by atoms with E-state index in [1.54, 1.807) is 23.5 Å². The zero-order chi connectivity index (χ0) is 21.1. The van der Waals surface area contributed by atoms with Crippen molar-refractivity contribution in [2.24, 2.45) is 0 Å². The van der Waals surface area contributed by atoms with Crippen LogP contribution in [0.25, 0.3) is 5.69 Å². The number of nitrogens with zero attached hydrogens (tertiary/aromatic N) is 7. The summed E-state index contributed by atoms with van der Waals surface area (Å²) < 4.78 is 6.91. The smallest absolute Gasteiger partial charge is 0.257 e. The molecule has 0 N–H and O–H groups in total. The van der Waals surface area contributed by atoms with E-state index < -0.39 is 0 Å². The van der Waals surface area contributed by atoms with Crippen LogP contribution >= 0.6 is 22.9 Å². The van der Waals surface area contributed by atoms with Gasteiger partial charge in [-0.25, -0.2) is 4.98 Å². The lowest BCUT2D eigenvalue weighted by atomic mass is 10.1. The van der Waals surface area contributed by atoms with E-state index in [0.717, 1.165) is 36.8 Å². The van der Waals surface area contributed by atoms with Crippen molar-refractivity contribution in [1.82, 2.24) is 35.0 Å². The lowest BCUT2D eigenvalue weighted by Gasteiger charge is -2.23. The Bertz CT molecular complexity index is 1020. The number of thiazole rings is 1. The number of methoxy groups -OCH3 is 1. The predicted octanol–water partition coefficient (Wildman–Crippen LogP) is 2.44. The highest BCUT2D eigenvalue weighted by atomic mass is 35.5. The molecule has 1 amide bonds. The van der Waals surface area contributed by atoms with Crippen molar-refractivity contribution in [3.05, 3.63) is 45.1 Å². The number of aryl methyl sites for hydroxylation is 1. The minimum absolute atomic E-state index is 0.0941. The Morgan fingerprint density at radius 3 is 2.83 bits per heavy atom. The van der Waals surface area contributed by atoms with Crippen LogP contribution in [0, 0.1) is 6.92 Å². The maximum absolute atomic E-state index is 13.3. The van der Waals surface area contributed by atoms with Gasteiger partial charge < -0.3 is 9.64 Å². The first-order chi connectivity index (χ1) is 14.5. The van der Waals surface area contributed by atoms with Crippen LogP contribution < -0.4 is 4.74 Å². The van der Waals surface area contributed by atoms with Crippen molar-refractivity contribution in [2.45, 2.75) is 19.9 Å². The summed E-state index contributed by atoms with van der Waals surface area (Å²) in [6.07, 6.45) is 2.34. The maximum Gasteiger partial charge on any atom is 0.257 e. The summed E-state index contributed by atoms with van der Waals surface area (Å²) in [4.78, 5) is 22.0. The first kappa shape index (κ1) is 20.7. The SMILES string of the molecule is COc1cc(-n2cnnn2)c(Cl)cc1C(=O)N1CCCN(Cc2csc(C)n2)CC1. The van der Waals surface area contributed by atoms with Crippen LogP contribution in [0.2, 0.25) is 5.02 Å². The monoisotopic (exact) mass is 447 g/mol. The van der Waals surface area contributed by atoms with Crippen LogP contribution in [-0.2, 0) is 6.54 Å². The Hall–Kier alpha value is -2.56. The molecule has 30 heavy (non-hydrogen) atoms. The van der Waals surface area contributed by atoms with E-state index in [1.807, 2.05) is 11.8 Å². The second kappa shape index (κ2) is 9.07. The molecule has 1 aliphatic heterocycles. The average Bonchev–Trinajstić information content (AvgIpc) is 3.35. The number of aromatic nitrogens is 5. The third kappa shape index (κ3) is 4.45. The van der Waals surface area contributed by atoms with E-state index in [2.05, 4.69) is 30.8 Å². The number of benzene rings is 1. The van der Waals surface area contributed by atoms with Crippen molar-refractivity contribution >= 4 is 28.8 Å². The number of hydrogen-bond acceptors (Lipinski definition) is 8. The van der Waals surface area contributed by atoms with Gasteiger partial charge in [-0.15, -0.1) is 16.4 Å². The molecular formula is C19H22ClN7O2S. The fourth-order valence-electron chi connectivity index (χ4n) is 3.54. The first-order valence-electron chi connectivity index (χ1n) is 9.58. The Morgan fingerprint density at radius 2 is 2.13 bits per heavy atom. The molecule has 1 saturated heterocycles. The van der Waals surface area contributed by atoms with Gasteiger partial charge >= 0.3 is 0 Å². The second-order valence-electron chi connectivity index (χ2n) is 7.04. The third-order valence-electron chi connectivity index (χ3n) is 5.02.